The Kier molecular flexibility index (Phi) is 4.63. The van der Waals surface area contributed by atoms with Crippen LogP contribution in [0, 0.1) is 5.92 Å². The molecule has 4 heteroatoms. The van der Waals surface area contributed by atoms with E-state index in [1.807, 2.05) is 61.5 Å². The molecule has 1 unspecified atom stereocenters. The molecule has 0 radical (unpaired) electrons. The minimum atomic E-state index is -0.571. The number of fused-ring (bicyclic) bond motifs is 1. The molecule has 1 aliphatic rings. The number of aliphatic hydroxyl groups excluding tert-OH is 1. The van der Waals surface area contributed by atoms with E-state index in [0.29, 0.717) is 13.0 Å². The van der Waals surface area contributed by atoms with Crippen molar-refractivity contribution in [2.75, 3.05) is 6.61 Å². The first-order valence-corrected chi connectivity index (χ1v) is 7.89. The van der Waals surface area contributed by atoms with Gasteiger partial charge in [-0.1, -0.05) is 49.4 Å². The Hall–Kier alpha value is -2.33. The van der Waals surface area contributed by atoms with Gasteiger partial charge in [-0.3, -0.25) is 4.79 Å². The van der Waals surface area contributed by atoms with Crippen molar-refractivity contribution < 1.29 is 14.6 Å². The average Bonchev–Trinajstić information content (AvgIpc) is 2.89. The summed E-state index contributed by atoms with van der Waals surface area (Å²) in [5.41, 5.74) is 2.10. The zero-order valence-electron chi connectivity index (χ0n) is 13.1. The number of hydrogen-bond donors (Lipinski definition) is 2. The number of carbonyl (C=O) groups excluding carboxylic acids is 1. The van der Waals surface area contributed by atoms with Gasteiger partial charge in [0.25, 0.3) is 0 Å². The third-order valence-electron chi connectivity index (χ3n) is 4.19. The predicted molar refractivity (Wildman–Crippen MR) is 88.1 cm³/mol. The molecule has 0 saturated carbocycles. The van der Waals surface area contributed by atoms with Crippen molar-refractivity contribution in [2.24, 2.45) is 5.92 Å². The minimum absolute atomic E-state index is 0.110. The first kappa shape index (κ1) is 15.6. The van der Waals surface area contributed by atoms with Crippen LogP contribution in [-0.4, -0.2) is 23.7 Å². The maximum absolute atomic E-state index is 12.4. The van der Waals surface area contributed by atoms with Gasteiger partial charge in [0.2, 0.25) is 5.91 Å². The van der Waals surface area contributed by atoms with E-state index in [-0.39, 0.29) is 17.9 Å². The normalized spacial score (nSPS) is 20.6. The lowest BCUT2D eigenvalue weighted by molar-refractivity contribution is -0.126. The van der Waals surface area contributed by atoms with E-state index in [2.05, 4.69) is 5.32 Å². The molecule has 1 amide bonds. The molecule has 120 valence electrons. The van der Waals surface area contributed by atoms with Crippen molar-refractivity contribution >= 4 is 5.91 Å². The molecule has 0 aliphatic heterocycles. The van der Waals surface area contributed by atoms with Crippen LogP contribution in [0.25, 0.3) is 0 Å². The van der Waals surface area contributed by atoms with Crippen LogP contribution in [0.5, 0.6) is 5.75 Å². The van der Waals surface area contributed by atoms with Crippen LogP contribution in [0.15, 0.2) is 54.6 Å². The van der Waals surface area contributed by atoms with Gasteiger partial charge in [0, 0.05) is 6.42 Å². The average molecular weight is 311 g/mol. The number of para-hydroxylation sites is 1. The van der Waals surface area contributed by atoms with E-state index in [1.165, 1.54) is 0 Å². The molecule has 0 heterocycles. The molecule has 3 rings (SSSR count). The molecule has 3 atom stereocenters. The second kappa shape index (κ2) is 6.84. The summed E-state index contributed by atoms with van der Waals surface area (Å²) in [4.78, 5) is 12.4. The number of hydrogen-bond acceptors (Lipinski definition) is 3. The van der Waals surface area contributed by atoms with Crippen LogP contribution >= 0.6 is 0 Å². The van der Waals surface area contributed by atoms with Crippen molar-refractivity contribution in [1.29, 1.82) is 0 Å². The van der Waals surface area contributed by atoms with E-state index < -0.39 is 6.10 Å². The zero-order chi connectivity index (χ0) is 16.2. The summed E-state index contributed by atoms with van der Waals surface area (Å²) in [5.74, 6) is 0.343. The topological polar surface area (TPSA) is 58.6 Å². The highest BCUT2D eigenvalue weighted by molar-refractivity contribution is 5.79. The van der Waals surface area contributed by atoms with Gasteiger partial charge in [-0.15, -0.1) is 0 Å². The van der Waals surface area contributed by atoms with Crippen LogP contribution in [0.1, 0.15) is 24.1 Å². The summed E-state index contributed by atoms with van der Waals surface area (Å²) in [6.45, 7) is 2.13. The highest BCUT2D eigenvalue weighted by atomic mass is 16.5. The first-order chi connectivity index (χ1) is 11.1. The molecule has 1 aliphatic carbocycles. The summed E-state index contributed by atoms with van der Waals surface area (Å²) in [6.07, 6.45) is 0.00863. The predicted octanol–water partition coefficient (Wildman–Crippen LogP) is 2.48. The lowest BCUT2D eigenvalue weighted by atomic mass is 10.1. The Bertz CT molecular complexity index is 671. The largest absolute Gasteiger partial charge is 0.493 e. The highest BCUT2D eigenvalue weighted by Gasteiger charge is 2.32. The maximum Gasteiger partial charge on any atom is 0.226 e. The molecule has 0 saturated heterocycles. The Morgan fingerprint density at radius 3 is 2.70 bits per heavy atom. The van der Waals surface area contributed by atoms with Gasteiger partial charge in [0.15, 0.2) is 0 Å². The summed E-state index contributed by atoms with van der Waals surface area (Å²) < 4.78 is 5.63. The second-order valence-electron chi connectivity index (χ2n) is 5.98. The number of benzene rings is 2. The minimum Gasteiger partial charge on any atom is -0.493 e. The fourth-order valence-electron chi connectivity index (χ4n) is 2.86. The van der Waals surface area contributed by atoms with E-state index in [9.17, 15) is 9.90 Å². The van der Waals surface area contributed by atoms with Gasteiger partial charge in [-0.05, 0) is 23.3 Å². The van der Waals surface area contributed by atoms with E-state index in [1.54, 1.807) is 0 Å². The van der Waals surface area contributed by atoms with E-state index in [4.69, 9.17) is 4.74 Å². The molecule has 4 nitrogen and oxygen atoms in total. The quantitative estimate of drug-likeness (QED) is 0.892. The molecule has 0 fully saturated rings. The molecule has 2 N–H and O–H groups in total. The summed E-state index contributed by atoms with van der Waals surface area (Å²) in [6, 6.07) is 16.9. The van der Waals surface area contributed by atoms with Gasteiger partial charge in [-0.25, -0.2) is 0 Å². The Morgan fingerprint density at radius 1 is 1.22 bits per heavy atom. The number of aliphatic hydroxyl groups is 1. The molecule has 23 heavy (non-hydrogen) atoms. The highest BCUT2D eigenvalue weighted by Crippen LogP contribution is 2.31. The maximum atomic E-state index is 12.4. The Balaban J connectivity index is 1.58. The van der Waals surface area contributed by atoms with E-state index in [0.717, 1.165) is 16.9 Å². The van der Waals surface area contributed by atoms with Crippen molar-refractivity contribution in [1.82, 2.24) is 5.32 Å². The third kappa shape index (κ3) is 3.54. The van der Waals surface area contributed by atoms with E-state index >= 15 is 0 Å². The zero-order valence-corrected chi connectivity index (χ0v) is 13.1. The molecule has 0 bridgehead atoms. The van der Waals surface area contributed by atoms with Crippen LogP contribution in [0.3, 0.4) is 0 Å². The van der Waals surface area contributed by atoms with Crippen molar-refractivity contribution in [3.05, 3.63) is 65.7 Å². The van der Waals surface area contributed by atoms with Crippen LogP contribution in [0.2, 0.25) is 0 Å². The summed E-state index contributed by atoms with van der Waals surface area (Å²) in [7, 11) is 0. The summed E-state index contributed by atoms with van der Waals surface area (Å²) >= 11 is 0. The lowest BCUT2D eigenvalue weighted by Crippen LogP contribution is -2.38. The molecule has 2 aromatic rings. The smallest absolute Gasteiger partial charge is 0.226 e. The first-order valence-electron chi connectivity index (χ1n) is 7.89. The van der Waals surface area contributed by atoms with Gasteiger partial charge < -0.3 is 15.2 Å². The molecule has 0 aromatic heterocycles. The SMILES string of the molecule is CC(COc1ccccc1)C(=O)N[C@@H]1c2ccccc2C[C@@H]1O. The van der Waals surface area contributed by atoms with Gasteiger partial charge in [0.1, 0.15) is 5.75 Å². The monoisotopic (exact) mass is 311 g/mol. The van der Waals surface area contributed by atoms with Crippen molar-refractivity contribution in [3.63, 3.8) is 0 Å². The third-order valence-corrected chi connectivity index (χ3v) is 4.19. The standard InChI is InChI=1S/C19H21NO3/c1-13(12-23-15-8-3-2-4-9-15)19(22)20-18-16-10-6-5-7-14(16)11-17(18)21/h2-10,13,17-18,21H,11-12H2,1H3,(H,20,22)/t13?,17-,18+/m0/s1. The fourth-order valence-corrected chi connectivity index (χ4v) is 2.86. The molecular formula is C19H21NO3. The fraction of sp³-hybridized carbons (Fsp3) is 0.316. The Labute approximate surface area is 136 Å². The van der Waals surface area contributed by atoms with Crippen LogP contribution in [-0.2, 0) is 11.2 Å². The Morgan fingerprint density at radius 2 is 1.91 bits per heavy atom. The number of amides is 1. The van der Waals surface area contributed by atoms with Gasteiger partial charge in [-0.2, -0.15) is 0 Å². The number of rotatable bonds is 5. The summed E-state index contributed by atoms with van der Waals surface area (Å²) in [5, 5.41) is 13.2. The molecule has 0 spiro atoms. The van der Waals surface area contributed by atoms with Crippen LogP contribution < -0.4 is 10.1 Å². The molecular weight excluding hydrogens is 290 g/mol. The number of carbonyl (C=O) groups is 1. The van der Waals surface area contributed by atoms with Crippen LogP contribution in [0.4, 0.5) is 0 Å². The number of ether oxygens (including phenoxy) is 1. The second-order valence-corrected chi connectivity index (χ2v) is 5.98. The van der Waals surface area contributed by atoms with Gasteiger partial charge in [0.05, 0.1) is 24.7 Å². The van der Waals surface area contributed by atoms with Gasteiger partial charge >= 0.3 is 0 Å². The van der Waals surface area contributed by atoms with Crippen molar-refractivity contribution in [2.45, 2.75) is 25.5 Å². The lowest BCUT2D eigenvalue weighted by Gasteiger charge is -2.21. The van der Waals surface area contributed by atoms with Crippen molar-refractivity contribution in [3.8, 4) is 5.75 Å². The number of nitrogens with one attached hydrogen (secondary N) is 1. The molecule has 2 aromatic carbocycles.